The fourth-order valence-corrected chi connectivity index (χ4v) is 2.67. The summed E-state index contributed by atoms with van der Waals surface area (Å²) in [4.78, 5) is 11.8. The fourth-order valence-electron chi connectivity index (χ4n) is 2.37. The van der Waals surface area contributed by atoms with E-state index in [2.05, 4.69) is 10.9 Å². The molecule has 1 heterocycles. The topological polar surface area (TPSA) is 41.1 Å². The van der Waals surface area contributed by atoms with Crippen molar-refractivity contribution >= 4 is 34.4 Å². The Hall–Kier alpha value is -2.00. The Balaban J connectivity index is 2.19. The summed E-state index contributed by atoms with van der Waals surface area (Å²) >= 11 is 6.32. The predicted molar refractivity (Wildman–Crippen MR) is 82.0 cm³/mol. The summed E-state index contributed by atoms with van der Waals surface area (Å²) in [7, 11) is 0. The van der Waals surface area contributed by atoms with Gasteiger partial charge >= 0.3 is 0 Å². The van der Waals surface area contributed by atoms with Gasteiger partial charge in [0, 0.05) is 16.1 Å². The minimum absolute atomic E-state index is 0.0323. The molecule has 1 aliphatic heterocycles. The number of benzene rings is 2. The van der Waals surface area contributed by atoms with Gasteiger partial charge in [0.2, 0.25) is 5.91 Å². The van der Waals surface area contributed by atoms with Gasteiger partial charge in [-0.2, -0.15) is 0 Å². The number of carbonyl (C=O) groups excluding carboxylic acids is 1. The SMILES string of the molecule is CC1(C)C(=O)NN/C1=C\c1cccc2cccc(Cl)c12. The largest absolute Gasteiger partial charge is 0.302 e. The first-order valence-electron chi connectivity index (χ1n) is 6.46. The molecule has 102 valence electrons. The summed E-state index contributed by atoms with van der Waals surface area (Å²) in [5.74, 6) is -0.0323. The Morgan fingerprint density at radius 2 is 1.80 bits per heavy atom. The van der Waals surface area contributed by atoms with Crippen molar-refractivity contribution in [2.24, 2.45) is 5.41 Å². The van der Waals surface area contributed by atoms with E-state index in [0.29, 0.717) is 5.02 Å². The molecule has 0 spiro atoms. The van der Waals surface area contributed by atoms with Gasteiger partial charge in [-0.25, -0.2) is 0 Å². The van der Waals surface area contributed by atoms with Crippen molar-refractivity contribution in [3.8, 4) is 0 Å². The first-order chi connectivity index (χ1) is 9.50. The maximum absolute atomic E-state index is 11.8. The van der Waals surface area contributed by atoms with Crippen molar-refractivity contribution in [2.45, 2.75) is 13.8 Å². The van der Waals surface area contributed by atoms with E-state index in [1.165, 1.54) is 0 Å². The van der Waals surface area contributed by atoms with Crippen molar-refractivity contribution in [1.82, 2.24) is 10.9 Å². The van der Waals surface area contributed by atoms with Gasteiger partial charge in [0.1, 0.15) is 0 Å². The molecule has 1 fully saturated rings. The third-order valence-electron chi connectivity index (χ3n) is 3.74. The quantitative estimate of drug-likeness (QED) is 0.842. The smallest absolute Gasteiger partial charge is 0.249 e. The zero-order valence-electron chi connectivity index (χ0n) is 11.3. The Morgan fingerprint density at radius 1 is 1.10 bits per heavy atom. The van der Waals surface area contributed by atoms with Crippen LogP contribution in [0, 0.1) is 5.41 Å². The van der Waals surface area contributed by atoms with Crippen molar-refractivity contribution in [2.75, 3.05) is 0 Å². The van der Waals surface area contributed by atoms with Crippen LogP contribution >= 0.6 is 11.6 Å². The number of hydrazine groups is 1. The number of carbonyl (C=O) groups is 1. The predicted octanol–water partition coefficient (Wildman–Crippen LogP) is 3.49. The monoisotopic (exact) mass is 286 g/mol. The van der Waals surface area contributed by atoms with Crippen molar-refractivity contribution in [3.05, 3.63) is 52.7 Å². The third-order valence-corrected chi connectivity index (χ3v) is 4.05. The van der Waals surface area contributed by atoms with Gasteiger partial charge in [-0.15, -0.1) is 0 Å². The van der Waals surface area contributed by atoms with Crippen LogP contribution in [-0.2, 0) is 4.79 Å². The Morgan fingerprint density at radius 3 is 2.45 bits per heavy atom. The molecule has 0 aromatic heterocycles. The standard InChI is InChI=1S/C16H15ClN2O/c1-16(2)13(18-19-15(16)20)9-11-7-3-5-10-6-4-8-12(17)14(10)11/h3-9,18H,1-2H3,(H,19,20)/b13-9-. The molecule has 2 aromatic carbocycles. The molecule has 0 radical (unpaired) electrons. The fraction of sp³-hybridized carbons (Fsp3) is 0.188. The lowest BCUT2D eigenvalue weighted by Gasteiger charge is -2.15. The second kappa shape index (κ2) is 4.53. The van der Waals surface area contributed by atoms with E-state index in [-0.39, 0.29) is 5.91 Å². The highest BCUT2D eigenvalue weighted by Crippen LogP contribution is 2.33. The number of rotatable bonds is 1. The first-order valence-corrected chi connectivity index (χ1v) is 6.84. The van der Waals surface area contributed by atoms with Crippen LogP contribution in [0.25, 0.3) is 16.8 Å². The van der Waals surface area contributed by atoms with E-state index < -0.39 is 5.41 Å². The van der Waals surface area contributed by atoms with E-state index in [9.17, 15) is 4.79 Å². The minimum Gasteiger partial charge on any atom is -0.302 e. The maximum Gasteiger partial charge on any atom is 0.249 e. The lowest BCUT2D eigenvalue weighted by molar-refractivity contribution is -0.125. The van der Waals surface area contributed by atoms with Crippen LogP contribution in [0.4, 0.5) is 0 Å². The van der Waals surface area contributed by atoms with Crippen LogP contribution in [0.15, 0.2) is 42.1 Å². The van der Waals surface area contributed by atoms with Crippen LogP contribution in [0.1, 0.15) is 19.4 Å². The third kappa shape index (κ3) is 1.95. The molecule has 0 atom stereocenters. The highest BCUT2D eigenvalue weighted by Gasteiger charge is 2.37. The zero-order chi connectivity index (χ0) is 14.3. The van der Waals surface area contributed by atoms with Crippen LogP contribution in [0.3, 0.4) is 0 Å². The van der Waals surface area contributed by atoms with Crippen LogP contribution in [0.5, 0.6) is 0 Å². The van der Waals surface area contributed by atoms with Crippen molar-refractivity contribution in [1.29, 1.82) is 0 Å². The molecule has 0 bridgehead atoms. The van der Waals surface area contributed by atoms with Crippen LogP contribution in [-0.4, -0.2) is 5.91 Å². The molecule has 2 aromatic rings. The van der Waals surface area contributed by atoms with Gasteiger partial charge in [0.15, 0.2) is 0 Å². The van der Waals surface area contributed by atoms with Crippen LogP contribution in [0.2, 0.25) is 5.02 Å². The lowest BCUT2D eigenvalue weighted by Crippen LogP contribution is -2.28. The molecule has 0 saturated carbocycles. The minimum atomic E-state index is -0.566. The summed E-state index contributed by atoms with van der Waals surface area (Å²) in [5, 5.41) is 2.80. The molecule has 3 rings (SSSR count). The number of hydrogen-bond donors (Lipinski definition) is 2. The maximum atomic E-state index is 11.8. The normalized spacial score (nSPS) is 19.1. The molecule has 0 aliphatic carbocycles. The highest BCUT2D eigenvalue weighted by atomic mass is 35.5. The molecule has 4 heteroatoms. The Kier molecular flexibility index (Phi) is 2.94. The van der Waals surface area contributed by atoms with Gasteiger partial charge in [0.05, 0.1) is 5.41 Å². The Bertz CT molecular complexity index is 729. The van der Waals surface area contributed by atoms with Crippen molar-refractivity contribution in [3.63, 3.8) is 0 Å². The molecule has 1 amide bonds. The van der Waals surface area contributed by atoms with Crippen LogP contribution < -0.4 is 10.9 Å². The van der Waals surface area contributed by atoms with E-state index in [0.717, 1.165) is 22.0 Å². The van der Waals surface area contributed by atoms with E-state index in [4.69, 9.17) is 11.6 Å². The second-order valence-electron chi connectivity index (χ2n) is 5.45. The van der Waals surface area contributed by atoms with Gasteiger partial charge in [-0.3, -0.25) is 10.2 Å². The van der Waals surface area contributed by atoms with Crippen molar-refractivity contribution < 1.29 is 4.79 Å². The number of fused-ring (bicyclic) bond motifs is 1. The Labute approximate surface area is 122 Å². The average molecular weight is 287 g/mol. The molecule has 1 saturated heterocycles. The molecule has 1 aliphatic rings. The summed E-state index contributed by atoms with van der Waals surface area (Å²) < 4.78 is 0. The number of nitrogens with one attached hydrogen (secondary N) is 2. The van der Waals surface area contributed by atoms with Gasteiger partial charge in [-0.05, 0) is 36.9 Å². The summed E-state index contributed by atoms with van der Waals surface area (Å²) in [6, 6.07) is 11.9. The molecule has 2 N–H and O–H groups in total. The van der Waals surface area contributed by atoms with Gasteiger partial charge in [0.25, 0.3) is 0 Å². The molecule has 0 unspecified atom stereocenters. The zero-order valence-corrected chi connectivity index (χ0v) is 12.1. The van der Waals surface area contributed by atoms with E-state index in [1.54, 1.807) is 0 Å². The molecular formula is C16H15ClN2O. The first kappa shape index (κ1) is 13.0. The molecular weight excluding hydrogens is 272 g/mol. The molecule has 20 heavy (non-hydrogen) atoms. The summed E-state index contributed by atoms with van der Waals surface area (Å²) in [6.45, 7) is 3.78. The summed E-state index contributed by atoms with van der Waals surface area (Å²) in [5.41, 5.74) is 6.88. The van der Waals surface area contributed by atoms with E-state index in [1.807, 2.05) is 56.3 Å². The molecule has 3 nitrogen and oxygen atoms in total. The summed E-state index contributed by atoms with van der Waals surface area (Å²) in [6.07, 6.45) is 1.98. The van der Waals surface area contributed by atoms with E-state index >= 15 is 0 Å². The lowest BCUT2D eigenvalue weighted by atomic mass is 9.88. The van der Waals surface area contributed by atoms with Gasteiger partial charge in [-0.1, -0.05) is 41.9 Å². The van der Waals surface area contributed by atoms with Gasteiger partial charge < -0.3 is 5.43 Å². The number of hydrogen-bond acceptors (Lipinski definition) is 2. The highest BCUT2D eigenvalue weighted by molar-refractivity contribution is 6.36. The number of halogens is 1. The average Bonchev–Trinajstić information content (AvgIpc) is 2.66. The number of amides is 1. The second-order valence-corrected chi connectivity index (χ2v) is 5.85.